The number of furan rings is 1. The first-order valence-electron chi connectivity index (χ1n) is 8.15. The van der Waals surface area contributed by atoms with Crippen LogP contribution in [0, 0.1) is 0 Å². The molecule has 1 N–H and O–H groups in total. The minimum Gasteiger partial charge on any atom is -0.455 e. The van der Waals surface area contributed by atoms with Gasteiger partial charge in [0.05, 0.1) is 16.6 Å². The highest BCUT2D eigenvalue weighted by Crippen LogP contribution is 2.20. The summed E-state index contributed by atoms with van der Waals surface area (Å²) >= 11 is 5.83. The third-order valence-corrected chi connectivity index (χ3v) is 5.77. The van der Waals surface area contributed by atoms with E-state index in [0.29, 0.717) is 15.7 Å². The summed E-state index contributed by atoms with van der Waals surface area (Å²) in [7, 11) is -1.23. The third kappa shape index (κ3) is 4.48. The van der Waals surface area contributed by atoms with E-state index < -0.39 is 10.8 Å². The minimum atomic E-state index is -1.23. The Morgan fingerprint density at radius 3 is 2.54 bits per heavy atom. The summed E-state index contributed by atoms with van der Waals surface area (Å²) < 4.78 is 17.9. The molecule has 0 bridgehead atoms. The van der Waals surface area contributed by atoms with Crippen LogP contribution in [0.15, 0.2) is 45.7 Å². The molecule has 1 aliphatic carbocycles. The van der Waals surface area contributed by atoms with Crippen LogP contribution >= 0.6 is 11.6 Å². The molecule has 128 valence electrons. The van der Waals surface area contributed by atoms with Crippen molar-refractivity contribution in [1.29, 1.82) is 0 Å². The molecule has 0 unspecified atom stereocenters. The highest BCUT2D eigenvalue weighted by molar-refractivity contribution is 7.84. The van der Waals surface area contributed by atoms with Gasteiger partial charge in [0, 0.05) is 16.0 Å². The molecule has 6 heteroatoms. The minimum absolute atomic E-state index is 0.189. The molecular weight excluding hydrogens is 346 g/mol. The molecule has 0 spiro atoms. The van der Waals surface area contributed by atoms with E-state index in [1.54, 1.807) is 36.4 Å². The molecule has 4 nitrogen and oxygen atoms in total. The van der Waals surface area contributed by atoms with Crippen LogP contribution in [0.2, 0.25) is 5.02 Å². The van der Waals surface area contributed by atoms with Crippen LogP contribution in [-0.4, -0.2) is 16.2 Å². The third-order valence-electron chi connectivity index (χ3n) is 4.18. The summed E-state index contributed by atoms with van der Waals surface area (Å²) in [4.78, 5) is 12.9. The van der Waals surface area contributed by atoms with Gasteiger partial charge in [-0.25, -0.2) is 0 Å². The fraction of sp³-hybridized carbons (Fsp3) is 0.389. The van der Waals surface area contributed by atoms with E-state index in [0.717, 1.165) is 25.7 Å². The molecule has 3 rings (SSSR count). The summed E-state index contributed by atoms with van der Waals surface area (Å²) in [6, 6.07) is 10.5. The number of nitrogens with one attached hydrogen (secondary N) is 1. The summed E-state index contributed by atoms with van der Waals surface area (Å²) in [5, 5.41) is 3.62. The average molecular weight is 366 g/mol. The van der Waals surface area contributed by atoms with Crippen molar-refractivity contribution in [2.45, 2.75) is 48.8 Å². The molecule has 1 fully saturated rings. The van der Waals surface area contributed by atoms with Crippen molar-refractivity contribution in [3.8, 4) is 0 Å². The lowest BCUT2D eigenvalue weighted by atomic mass is 9.95. The number of amides is 1. The molecule has 1 amide bonds. The highest BCUT2D eigenvalue weighted by Gasteiger charge is 2.19. The number of carbonyl (C=O) groups excluding carboxylic acids is 1. The maximum absolute atomic E-state index is 12.3. The van der Waals surface area contributed by atoms with Crippen molar-refractivity contribution in [3.63, 3.8) is 0 Å². The van der Waals surface area contributed by atoms with Crippen molar-refractivity contribution in [1.82, 2.24) is 5.32 Å². The lowest BCUT2D eigenvalue weighted by molar-refractivity contribution is 0.0898. The van der Waals surface area contributed by atoms with Crippen molar-refractivity contribution in [3.05, 3.63) is 52.9 Å². The molecule has 1 atom stereocenters. The van der Waals surface area contributed by atoms with Crippen molar-refractivity contribution >= 4 is 28.3 Å². The summed E-state index contributed by atoms with van der Waals surface area (Å²) in [5.74, 6) is 0.865. The Morgan fingerprint density at radius 2 is 1.83 bits per heavy atom. The Morgan fingerprint density at radius 1 is 1.12 bits per heavy atom. The summed E-state index contributed by atoms with van der Waals surface area (Å²) in [5.41, 5.74) is 0. The van der Waals surface area contributed by atoms with Gasteiger partial charge in [-0.15, -0.1) is 0 Å². The zero-order valence-corrected chi connectivity index (χ0v) is 14.9. The van der Waals surface area contributed by atoms with Gasteiger partial charge in [0.1, 0.15) is 5.76 Å². The molecule has 1 aromatic carbocycles. The Kier molecular flexibility index (Phi) is 5.74. The zero-order chi connectivity index (χ0) is 16.9. The summed E-state index contributed by atoms with van der Waals surface area (Å²) in [6.45, 7) is 0. The fourth-order valence-corrected chi connectivity index (χ4v) is 4.03. The van der Waals surface area contributed by atoms with E-state index in [9.17, 15) is 9.00 Å². The predicted molar refractivity (Wildman–Crippen MR) is 94.6 cm³/mol. The van der Waals surface area contributed by atoms with Crippen LogP contribution < -0.4 is 5.32 Å². The maximum Gasteiger partial charge on any atom is 0.287 e. The van der Waals surface area contributed by atoms with E-state index in [-0.39, 0.29) is 23.5 Å². The molecule has 1 aliphatic rings. The predicted octanol–water partition coefficient (Wildman–Crippen LogP) is 4.30. The quantitative estimate of drug-likeness (QED) is 0.859. The smallest absolute Gasteiger partial charge is 0.287 e. The van der Waals surface area contributed by atoms with E-state index in [4.69, 9.17) is 16.0 Å². The molecule has 1 aromatic heterocycles. The van der Waals surface area contributed by atoms with Crippen molar-refractivity contribution in [2.75, 3.05) is 0 Å². The van der Waals surface area contributed by atoms with Crippen molar-refractivity contribution < 1.29 is 13.4 Å². The van der Waals surface area contributed by atoms with Gasteiger partial charge in [0.2, 0.25) is 0 Å². The van der Waals surface area contributed by atoms with Crippen LogP contribution in [-0.2, 0) is 16.6 Å². The topological polar surface area (TPSA) is 59.3 Å². The first kappa shape index (κ1) is 17.2. The van der Waals surface area contributed by atoms with Crippen LogP contribution in [0.3, 0.4) is 0 Å². The standard InChI is InChI=1S/C18H20ClNO3S/c19-13-6-9-16(10-7-13)24(22)12-15-8-11-17(23-15)18(21)20-14-4-2-1-3-5-14/h6-11,14H,1-5,12H2,(H,20,21)/t24-/m1/s1. The Bertz CT molecular complexity index is 720. The van der Waals surface area contributed by atoms with Gasteiger partial charge < -0.3 is 9.73 Å². The lowest BCUT2D eigenvalue weighted by Crippen LogP contribution is -2.35. The molecular formula is C18H20ClNO3S. The molecule has 0 radical (unpaired) electrons. The van der Waals surface area contributed by atoms with Gasteiger partial charge in [-0.3, -0.25) is 9.00 Å². The number of benzene rings is 1. The van der Waals surface area contributed by atoms with Crippen LogP contribution in [0.5, 0.6) is 0 Å². The second-order valence-corrected chi connectivity index (χ2v) is 7.91. The molecule has 1 saturated carbocycles. The van der Waals surface area contributed by atoms with Crippen LogP contribution in [0.4, 0.5) is 0 Å². The molecule has 1 heterocycles. The zero-order valence-electron chi connectivity index (χ0n) is 13.3. The van der Waals surface area contributed by atoms with Crippen molar-refractivity contribution in [2.24, 2.45) is 0 Å². The number of rotatable bonds is 5. The molecule has 0 saturated heterocycles. The first-order chi connectivity index (χ1) is 11.6. The normalized spacial score (nSPS) is 16.7. The average Bonchev–Trinajstić information content (AvgIpc) is 3.05. The van der Waals surface area contributed by atoms with E-state index in [1.165, 1.54) is 6.42 Å². The van der Waals surface area contributed by atoms with Gasteiger partial charge in [0.25, 0.3) is 5.91 Å². The summed E-state index contributed by atoms with van der Waals surface area (Å²) in [6.07, 6.45) is 5.62. The van der Waals surface area contributed by atoms with E-state index in [1.807, 2.05) is 0 Å². The number of carbonyl (C=O) groups is 1. The molecule has 2 aromatic rings. The van der Waals surface area contributed by atoms with Gasteiger partial charge in [-0.05, 0) is 49.2 Å². The van der Waals surface area contributed by atoms with Crippen LogP contribution in [0.25, 0.3) is 0 Å². The SMILES string of the molecule is O=C(NC1CCCCC1)c1ccc(C[S@@](=O)c2ccc(Cl)cc2)o1. The van der Waals surface area contributed by atoms with Gasteiger partial charge in [0.15, 0.2) is 5.76 Å². The number of hydrogen-bond donors (Lipinski definition) is 1. The van der Waals surface area contributed by atoms with Gasteiger partial charge >= 0.3 is 0 Å². The fourth-order valence-electron chi connectivity index (χ4n) is 2.88. The Balaban J connectivity index is 1.59. The van der Waals surface area contributed by atoms with Gasteiger partial charge in [-0.2, -0.15) is 0 Å². The number of hydrogen-bond acceptors (Lipinski definition) is 3. The second-order valence-electron chi connectivity index (χ2n) is 6.02. The van der Waals surface area contributed by atoms with E-state index >= 15 is 0 Å². The Hall–Kier alpha value is -1.59. The largest absolute Gasteiger partial charge is 0.455 e. The Labute approximate surface area is 149 Å². The molecule has 0 aliphatic heterocycles. The second kappa shape index (κ2) is 7.99. The first-order valence-corrected chi connectivity index (χ1v) is 9.85. The number of halogens is 1. The van der Waals surface area contributed by atoms with Crippen LogP contribution in [0.1, 0.15) is 48.4 Å². The highest BCUT2D eigenvalue weighted by atomic mass is 35.5. The lowest BCUT2D eigenvalue weighted by Gasteiger charge is -2.22. The van der Waals surface area contributed by atoms with Gasteiger partial charge in [-0.1, -0.05) is 30.9 Å². The van der Waals surface area contributed by atoms with E-state index in [2.05, 4.69) is 5.32 Å². The monoisotopic (exact) mass is 365 g/mol. The maximum atomic E-state index is 12.3. The molecule has 24 heavy (non-hydrogen) atoms.